The lowest BCUT2D eigenvalue weighted by Gasteiger charge is -2.38. The smallest absolute Gasteiger partial charge is 0.215 e. The number of nitrogen functional groups attached to an aromatic ring is 1. The van der Waals surface area contributed by atoms with Crippen molar-refractivity contribution >= 4 is 11.5 Å². The molecule has 0 bridgehead atoms. The maximum absolute atomic E-state index is 5.98. The number of piperazine rings is 1. The van der Waals surface area contributed by atoms with Gasteiger partial charge in [-0.1, -0.05) is 0 Å². The highest BCUT2D eigenvalue weighted by atomic mass is 16.5. The number of ether oxygens (including phenoxy) is 1. The molecule has 2 heterocycles. The number of nitrogens with two attached hydrogens (primary N) is 1. The summed E-state index contributed by atoms with van der Waals surface area (Å²) in [5.41, 5.74) is 6.69. The molecule has 5 heteroatoms. The predicted molar refractivity (Wildman–Crippen MR) is 69.5 cm³/mol. The van der Waals surface area contributed by atoms with Crippen LogP contribution in [0.1, 0.15) is 6.92 Å². The van der Waals surface area contributed by atoms with Gasteiger partial charge in [0.1, 0.15) is 0 Å². The first kappa shape index (κ1) is 12.0. The van der Waals surface area contributed by atoms with Crippen LogP contribution < -0.4 is 15.4 Å². The van der Waals surface area contributed by atoms with Gasteiger partial charge in [-0.05, 0) is 20.0 Å². The summed E-state index contributed by atoms with van der Waals surface area (Å²) in [5.74, 6) is 1.45. The summed E-state index contributed by atoms with van der Waals surface area (Å²) >= 11 is 0. The van der Waals surface area contributed by atoms with Crippen molar-refractivity contribution in [3.63, 3.8) is 0 Å². The third-order valence-electron chi connectivity index (χ3n) is 3.35. The number of hydrogen-bond acceptors (Lipinski definition) is 5. The monoisotopic (exact) mass is 236 g/mol. The fourth-order valence-corrected chi connectivity index (χ4v) is 2.05. The van der Waals surface area contributed by atoms with Gasteiger partial charge in [-0.15, -0.1) is 0 Å². The summed E-state index contributed by atoms with van der Waals surface area (Å²) in [7, 11) is 3.76. The van der Waals surface area contributed by atoms with Gasteiger partial charge in [0.2, 0.25) is 5.88 Å². The molecule has 5 nitrogen and oxygen atoms in total. The van der Waals surface area contributed by atoms with Gasteiger partial charge < -0.3 is 20.3 Å². The molecule has 1 aliphatic rings. The van der Waals surface area contributed by atoms with Crippen LogP contribution in [0, 0.1) is 0 Å². The number of anilines is 2. The molecule has 2 rings (SSSR count). The maximum atomic E-state index is 5.98. The highest BCUT2D eigenvalue weighted by Gasteiger charge is 2.23. The molecule has 17 heavy (non-hydrogen) atoms. The molecular weight excluding hydrogens is 216 g/mol. The van der Waals surface area contributed by atoms with Crippen LogP contribution in [0.4, 0.5) is 11.5 Å². The molecule has 0 radical (unpaired) electrons. The van der Waals surface area contributed by atoms with Crippen LogP contribution in [0.15, 0.2) is 12.1 Å². The largest absolute Gasteiger partial charge is 0.481 e. The molecule has 1 atom stereocenters. The zero-order valence-electron chi connectivity index (χ0n) is 10.7. The quantitative estimate of drug-likeness (QED) is 0.823. The van der Waals surface area contributed by atoms with E-state index in [0.717, 1.165) is 25.5 Å². The first-order valence-corrected chi connectivity index (χ1v) is 5.87. The van der Waals surface area contributed by atoms with E-state index in [0.29, 0.717) is 17.6 Å². The van der Waals surface area contributed by atoms with E-state index >= 15 is 0 Å². The number of nitrogens with zero attached hydrogens (tertiary/aromatic N) is 3. The average molecular weight is 236 g/mol. The Hall–Kier alpha value is -1.49. The van der Waals surface area contributed by atoms with E-state index < -0.39 is 0 Å². The number of methoxy groups -OCH3 is 1. The summed E-state index contributed by atoms with van der Waals surface area (Å²) in [6.07, 6.45) is 0. The molecule has 1 aromatic heterocycles. The number of pyridine rings is 1. The van der Waals surface area contributed by atoms with Crippen LogP contribution in [0.2, 0.25) is 0 Å². The Morgan fingerprint density at radius 2 is 2.18 bits per heavy atom. The van der Waals surface area contributed by atoms with Gasteiger partial charge in [0.15, 0.2) is 5.82 Å². The summed E-state index contributed by atoms with van der Waals surface area (Å²) < 4.78 is 5.14. The summed E-state index contributed by atoms with van der Waals surface area (Å²) in [4.78, 5) is 9.00. The Kier molecular flexibility index (Phi) is 3.38. The third-order valence-corrected chi connectivity index (χ3v) is 3.35. The van der Waals surface area contributed by atoms with Gasteiger partial charge in [-0.2, -0.15) is 4.98 Å². The normalized spacial score (nSPS) is 21.6. The van der Waals surface area contributed by atoms with Gasteiger partial charge >= 0.3 is 0 Å². The first-order chi connectivity index (χ1) is 8.11. The SMILES string of the molecule is COc1ccc(N)c(N2CCN(C)C(C)C2)n1. The lowest BCUT2D eigenvalue weighted by molar-refractivity contribution is 0.233. The number of hydrogen-bond donors (Lipinski definition) is 1. The summed E-state index contributed by atoms with van der Waals surface area (Å²) in [6, 6.07) is 4.15. The summed E-state index contributed by atoms with van der Waals surface area (Å²) in [5, 5.41) is 0. The molecule has 0 aliphatic carbocycles. The molecule has 1 saturated heterocycles. The van der Waals surface area contributed by atoms with Gasteiger partial charge in [-0.25, -0.2) is 0 Å². The van der Waals surface area contributed by atoms with Gasteiger partial charge in [0, 0.05) is 31.7 Å². The van der Waals surface area contributed by atoms with E-state index in [9.17, 15) is 0 Å². The Morgan fingerprint density at radius 3 is 2.82 bits per heavy atom. The van der Waals surface area contributed by atoms with Crippen LogP contribution in [-0.4, -0.2) is 49.7 Å². The van der Waals surface area contributed by atoms with Crippen molar-refractivity contribution in [2.45, 2.75) is 13.0 Å². The second-order valence-corrected chi connectivity index (χ2v) is 4.54. The molecule has 0 spiro atoms. The third kappa shape index (κ3) is 2.44. The van der Waals surface area contributed by atoms with Gasteiger partial charge in [0.25, 0.3) is 0 Å². The Morgan fingerprint density at radius 1 is 1.41 bits per heavy atom. The summed E-state index contributed by atoms with van der Waals surface area (Å²) in [6.45, 7) is 5.13. The number of aromatic nitrogens is 1. The van der Waals surface area contributed by atoms with E-state index in [4.69, 9.17) is 10.5 Å². The van der Waals surface area contributed by atoms with Crippen molar-refractivity contribution in [2.24, 2.45) is 0 Å². The molecule has 1 unspecified atom stereocenters. The second-order valence-electron chi connectivity index (χ2n) is 4.54. The van der Waals surface area contributed by atoms with Crippen molar-refractivity contribution in [2.75, 3.05) is 44.4 Å². The fourth-order valence-electron chi connectivity index (χ4n) is 2.05. The Balaban J connectivity index is 2.21. The van der Waals surface area contributed by atoms with Crippen molar-refractivity contribution in [1.29, 1.82) is 0 Å². The van der Waals surface area contributed by atoms with Crippen LogP contribution in [0.5, 0.6) is 5.88 Å². The standard InChI is InChI=1S/C12H20N4O/c1-9-8-16(7-6-15(9)2)12-10(13)4-5-11(14-12)17-3/h4-5,9H,6-8,13H2,1-3H3. The molecular formula is C12H20N4O. The van der Waals surface area contributed by atoms with E-state index in [-0.39, 0.29) is 0 Å². The highest BCUT2D eigenvalue weighted by molar-refractivity contribution is 5.63. The minimum atomic E-state index is 0.510. The lowest BCUT2D eigenvalue weighted by Crippen LogP contribution is -2.50. The van der Waals surface area contributed by atoms with Crippen molar-refractivity contribution in [3.8, 4) is 5.88 Å². The topological polar surface area (TPSA) is 54.6 Å². The van der Waals surface area contributed by atoms with Crippen LogP contribution in [0.3, 0.4) is 0 Å². The van der Waals surface area contributed by atoms with Gasteiger partial charge in [-0.3, -0.25) is 0 Å². The molecule has 1 aromatic rings. The van der Waals surface area contributed by atoms with E-state index in [1.807, 2.05) is 6.07 Å². The minimum absolute atomic E-state index is 0.510. The fraction of sp³-hybridized carbons (Fsp3) is 0.583. The Bertz CT molecular complexity index is 396. The maximum Gasteiger partial charge on any atom is 0.215 e. The molecule has 1 fully saturated rings. The Labute approximate surface area is 102 Å². The number of likely N-dealkylation sites (N-methyl/N-ethyl adjacent to an activating group) is 1. The second kappa shape index (κ2) is 4.79. The molecule has 0 aromatic carbocycles. The van der Waals surface area contributed by atoms with Crippen molar-refractivity contribution < 1.29 is 4.74 Å². The van der Waals surface area contributed by atoms with E-state index in [2.05, 4.69) is 28.8 Å². The van der Waals surface area contributed by atoms with Gasteiger partial charge in [0.05, 0.1) is 12.8 Å². The lowest BCUT2D eigenvalue weighted by atomic mass is 10.2. The molecule has 0 amide bonds. The highest BCUT2D eigenvalue weighted by Crippen LogP contribution is 2.25. The van der Waals surface area contributed by atoms with Crippen molar-refractivity contribution in [1.82, 2.24) is 9.88 Å². The zero-order valence-corrected chi connectivity index (χ0v) is 10.7. The molecule has 1 aliphatic heterocycles. The molecule has 94 valence electrons. The van der Waals surface area contributed by atoms with E-state index in [1.54, 1.807) is 13.2 Å². The van der Waals surface area contributed by atoms with E-state index in [1.165, 1.54) is 0 Å². The van der Waals surface area contributed by atoms with Crippen LogP contribution in [-0.2, 0) is 0 Å². The zero-order chi connectivity index (χ0) is 12.4. The molecule has 0 saturated carbocycles. The van der Waals surface area contributed by atoms with Crippen LogP contribution >= 0.6 is 0 Å². The first-order valence-electron chi connectivity index (χ1n) is 5.87. The van der Waals surface area contributed by atoms with Crippen molar-refractivity contribution in [3.05, 3.63) is 12.1 Å². The minimum Gasteiger partial charge on any atom is -0.481 e. The molecule has 2 N–H and O–H groups in total. The average Bonchev–Trinajstić information content (AvgIpc) is 2.33. The van der Waals surface area contributed by atoms with Crippen LogP contribution in [0.25, 0.3) is 0 Å². The number of rotatable bonds is 2. The predicted octanol–water partition coefficient (Wildman–Crippen LogP) is 0.813.